The van der Waals surface area contributed by atoms with Crippen LogP contribution in [0.25, 0.3) is 0 Å². The van der Waals surface area contributed by atoms with Gasteiger partial charge in [-0.2, -0.15) is 0 Å². The van der Waals surface area contributed by atoms with Gasteiger partial charge in [-0.15, -0.1) is 0 Å². The molecular weight excluding hydrogens is 162 g/mol. The smallest absolute Gasteiger partial charge is 0.180 e. The molecule has 0 bridgehead atoms. The van der Waals surface area contributed by atoms with E-state index in [1.54, 1.807) is 0 Å². The molecule has 0 aromatic carbocycles. The van der Waals surface area contributed by atoms with Crippen molar-refractivity contribution in [2.75, 3.05) is 13.2 Å². The van der Waals surface area contributed by atoms with Crippen molar-refractivity contribution in [2.45, 2.75) is 20.0 Å². The Hall–Kier alpha value is -0.390. The maximum absolute atomic E-state index is 5.25. The Morgan fingerprint density at radius 2 is 2.36 bits per heavy atom. The van der Waals surface area contributed by atoms with Crippen LogP contribution in [0.5, 0.6) is 0 Å². The molecule has 0 spiro atoms. The first kappa shape index (κ1) is 10.6. The first-order chi connectivity index (χ1) is 5.20. The Labute approximate surface area is 72.4 Å². The van der Waals surface area contributed by atoms with Crippen molar-refractivity contribution in [2.24, 2.45) is 5.84 Å². The van der Waals surface area contributed by atoms with Gasteiger partial charge in [0.05, 0.1) is 6.10 Å². The van der Waals surface area contributed by atoms with Crippen molar-refractivity contribution in [3.05, 3.63) is 0 Å². The Morgan fingerprint density at radius 1 is 1.73 bits per heavy atom. The molecule has 66 valence electrons. The van der Waals surface area contributed by atoms with E-state index in [1.807, 2.05) is 13.8 Å². The Morgan fingerprint density at radius 3 is 2.82 bits per heavy atom. The van der Waals surface area contributed by atoms with Gasteiger partial charge in [0.1, 0.15) is 0 Å². The zero-order valence-electron chi connectivity index (χ0n) is 6.89. The van der Waals surface area contributed by atoms with Gasteiger partial charge < -0.3 is 15.5 Å². The van der Waals surface area contributed by atoms with Gasteiger partial charge in [0.15, 0.2) is 5.11 Å². The normalized spacial score (nSPS) is 12.3. The maximum atomic E-state index is 5.25. The number of rotatable bonds is 4. The summed E-state index contributed by atoms with van der Waals surface area (Å²) in [6, 6.07) is 0. The van der Waals surface area contributed by atoms with Crippen LogP contribution in [0.3, 0.4) is 0 Å². The minimum absolute atomic E-state index is 0.159. The quantitative estimate of drug-likeness (QED) is 0.314. The molecule has 0 aliphatic heterocycles. The molecule has 0 fully saturated rings. The molecule has 4 N–H and O–H groups in total. The van der Waals surface area contributed by atoms with Gasteiger partial charge in [0, 0.05) is 13.2 Å². The molecule has 1 atom stereocenters. The van der Waals surface area contributed by atoms with Crippen LogP contribution in [0.1, 0.15) is 13.8 Å². The van der Waals surface area contributed by atoms with E-state index in [4.69, 9.17) is 22.8 Å². The molecule has 11 heavy (non-hydrogen) atoms. The van der Waals surface area contributed by atoms with E-state index in [-0.39, 0.29) is 6.10 Å². The topological polar surface area (TPSA) is 59.3 Å². The molecule has 0 rings (SSSR count). The monoisotopic (exact) mass is 177 g/mol. The molecule has 0 amide bonds. The Kier molecular flexibility index (Phi) is 6.10. The van der Waals surface area contributed by atoms with E-state index in [2.05, 4.69) is 10.7 Å². The van der Waals surface area contributed by atoms with Gasteiger partial charge in [-0.1, -0.05) is 0 Å². The lowest BCUT2D eigenvalue weighted by molar-refractivity contribution is 0.0794. The average molecular weight is 177 g/mol. The zero-order chi connectivity index (χ0) is 8.69. The van der Waals surface area contributed by atoms with Gasteiger partial charge in [0.2, 0.25) is 0 Å². The summed E-state index contributed by atoms with van der Waals surface area (Å²) in [6.45, 7) is 5.31. The summed E-state index contributed by atoms with van der Waals surface area (Å²) in [6.07, 6.45) is 0.159. The molecule has 0 radical (unpaired) electrons. The van der Waals surface area contributed by atoms with E-state index in [1.165, 1.54) is 0 Å². The van der Waals surface area contributed by atoms with Gasteiger partial charge in [-0.25, -0.2) is 5.84 Å². The Balaban J connectivity index is 3.29. The minimum Gasteiger partial charge on any atom is -0.377 e. The summed E-state index contributed by atoms with van der Waals surface area (Å²) >= 11 is 4.76. The standard InChI is InChI=1S/C6H15N3OS/c1-3-10-5(2)4-8-6(11)9-7/h5H,3-4,7H2,1-2H3,(H2,8,9,11). The number of nitrogens with one attached hydrogen (secondary N) is 2. The van der Waals surface area contributed by atoms with Gasteiger partial charge in [-0.05, 0) is 26.1 Å². The van der Waals surface area contributed by atoms with E-state index in [9.17, 15) is 0 Å². The summed E-state index contributed by atoms with van der Waals surface area (Å²) in [5.74, 6) is 5.04. The summed E-state index contributed by atoms with van der Waals surface area (Å²) in [5, 5.41) is 3.33. The van der Waals surface area contributed by atoms with Crippen LogP contribution < -0.4 is 16.6 Å². The SMILES string of the molecule is CCOC(C)CNC(=S)NN. The van der Waals surface area contributed by atoms with Crippen LogP contribution in [0.4, 0.5) is 0 Å². The first-order valence-corrected chi connectivity index (χ1v) is 3.97. The molecule has 0 saturated carbocycles. The predicted octanol–water partition coefficient (Wildman–Crippen LogP) is -0.251. The molecule has 1 unspecified atom stereocenters. The Bertz CT molecular complexity index is 120. The number of hydrogen-bond acceptors (Lipinski definition) is 3. The van der Waals surface area contributed by atoms with Crippen LogP contribution in [-0.2, 0) is 4.74 Å². The second kappa shape index (κ2) is 6.33. The fourth-order valence-electron chi connectivity index (χ4n) is 0.631. The number of nitrogens with two attached hydrogens (primary N) is 1. The fraction of sp³-hybridized carbons (Fsp3) is 0.833. The highest BCUT2D eigenvalue weighted by molar-refractivity contribution is 7.80. The van der Waals surface area contributed by atoms with Crippen LogP contribution in [-0.4, -0.2) is 24.4 Å². The molecule has 0 aliphatic rings. The van der Waals surface area contributed by atoms with Crippen LogP contribution in [0.2, 0.25) is 0 Å². The lowest BCUT2D eigenvalue weighted by Gasteiger charge is -2.13. The van der Waals surface area contributed by atoms with Gasteiger partial charge in [0.25, 0.3) is 0 Å². The number of hydrogen-bond donors (Lipinski definition) is 3. The van der Waals surface area contributed by atoms with Crippen molar-refractivity contribution in [1.82, 2.24) is 10.7 Å². The van der Waals surface area contributed by atoms with Crippen molar-refractivity contribution >= 4 is 17.3 Å². The molecule has 0 aromatic heterocycles. The molecule has 4 nitrogen and oxygen atoms in total. The second-order valence-corrected chi connectivity index (χ2v) is 2.53. The number of thiocarbonyl (C=S) groups is 1. The van der Waals surface area contributed by atoms with Gasteiger partial charge >= 0.3 is 0 Å². The summed E-state index contributed by atoms with van der Waals surface area (Å²) in [7, 11) is 0. The first-order valence-electron chi connectivity index (χ1n) is 3.56. The zero-order valence-corrected chi connectivity index (χ0v) is 7.70. The third-order valence-electron chi connectivity index (χ3n) is 1.13. The molecule has 0 saturated heterocycles. The van der Waals surface area contributed by atoms with Crippen LogP contribution in [0.15, 0.2) is 0 Å². The lowest BCUT2D eigenvalue weighted by Crippen LogP contribution is -2.42. The highest BCUT2D eigenvalue weighted by Crippen LogP contribution is 1.86. The van der Waals surface area contributed by atoms with E-state index < -0.39 is 0 Å². The van der Waals surface area contributed by atoms with E-state index in [0.717, 1.165) is 0 Å². The second-order valence-electron chi connectivity index (χ2n) is 2.12. The third kappa shape index (κ3) is 6.03. The van der Waals surface area contributed by atoms with Crippen molar-refractivity contribution in [1.29, 1.82) is 0 Å². The van der Waals surface area contributed by atoms with Crippen molar-refractivity contribution in [3.63, 3.8) is 0 Å². The molecule has 0 aliphatic carbocycles. The predicted molar refractivity (Wildman–Crippen MR) is 49.0 cm³/mol. The van der Waals surface area contributed by atoms with E-state index in [0.29, 0.717) is 18.3 Å². The maximum Gasteiger partial charge on any atom is 0.180 e. The summed E-state index contributed by atoms with van der Waals surface area (Å²) in [5.41, 5.74) is 2.33. The largest absolute Gasteiger partial charge is 0.377 e. The van der Waals surface area contributed by atoms with E-state index >= 15 is 0 Å². The third-order valence-corrected chi connectivity index (χ3v) is 1.39. The van der Waals surface area contributed by atoms with Crippen molar-refractivity contribution in [3.8, 4) is 0 Å². The highest BCUT2D eigenvalue weighted by Gasteiger charge is 1.99. The highest BCUT2D eigenvalue weighted by atomic mass is 32.1. The minimum atomic E-state index is 0.159. The van der Waals surface area contributed by atoms with Crippen LogP contribution >= 0.6 is 12.2 Å². The van der Waals surface area contributed by atoms with Crippen molar-refractivity contribution < 1.29 is 4.74 Å². The van der Waals surface area contributed by atoms with Crippen LogP contribution in [0, 0.1) is 0 Å². The van der Waals surface area contributed by atoms with Gasteiger partial charge in [-0.3, -0.25) is 0 Å². The molecule has 0 aromatic rings. The molecular formula is C6H15N3OS. The number of hydrazine groups is 1. The molecule has 5 heteroatoms. The number of ether oxygens (including phenoxy) is 1. The summed E-state index contributed by atoms with van der Waals surface area (Å²) < 4.78 is 5.25. The average Bonchev–Trinajstić information content (AvgIpc) is 2.01. The lowest BCUT2D eigenvalue weighted by atomic mass is 10.4. The summed E-state index contributed by atoms with van der Waals surface area (Å²) in [4.78, 5) is 0. The molecule has 0 heterocycles. The fourth-order valence-corrected chi connectivity index (χ4v) is 0.714.